The lowest BCUT2D eigenvalue weighted by molar-refractivity contribution is 0.194. The van der Waals surface area contributed by atoms with E-state index in [2.05, 4.69) is 230 Å². The third-order valence-electron chi connectivity index (χ3n) is 17.8. The molecule has 5 nitrogen and oxygen atoms in total. The fourth-order valence-corrected chi connectivity index (χ4v) is 14.1. The molecule has 1 aliphatic carbocycles. The molecule has 4 aliphatic rings. The molecular formula is C66H62BN3O2. The summed E-state index contributed by atoms with van der Waals surface area (Å²) in [5, 5.41) is 4.51. The van der Waals surface area contributed by atoms with Gasteiger partial charge in [0.1, 0.15) is 16.7 Å². The average Bonchev–Trinajstić information content (AvgIpc) is 3.98. The molecule has 3 aliphatic heterocycles. The molecule has 0 amide bonds. The summed E-state index contributed by atoms with van der Waals surface area (Å²) in [4.78, 5) is 7.95. The molecule has 2 unspecified atom stereocenters. The first-order chi connectivity index (χ1) is 34.5. The normalized spacial score (nSPS) is 19.3. The van der Waals surface area contributed by atoms with E-state index in [0.29, 0.717) is 0 Å². The lowest BCUT2D eigenvalue weighted by atomic mass is 9.33. The van der Waals surface area contributed by atoms with Crippen LogP contribution in [0, 0.1) is 13.8 Å². The molecule has 2 atom stereocenters. The quantitative estimate of drug-likeness (QED) is 0.165. The van der Waals surface area contributed by atoms with Crippen molar-refractivity contribution in [2.24, 2.45) is 0 Å². The van der Waals surface area contributed by atoms with Crippen LogP contribution >= 0.6 is 0 Å². The fraction of sp³-hybridized carbons (Fsp3) is 0.273. The Morgan fingerprint density at radius 1 is 0.486 bits per heavy atom. The van der Waals surface area contributed by atoms with E-state index in [4.69, 9.17) is 8.83 Å². The van der Waals surface area contributed by atoms with Gasteiger partial charge < -0.3 is 23.5 Å². The standard InChI is InChI=1S/C66H62BN3O2/c1-39-32-40(2)60-54(33-39)70(66(10)31-16-15-30-65(60,66)9)44-36-55-61-56(37-44)69(53-21-17-20-48-46-19-12-14-23-58(46)72-62(48)53)52-29-25-42(64(6,7)8)35-50(52)67(61)49-34-41(63(3,4)5)24-28-51(49)68(55)43-26-27-47-45-18-11-13-22-57(45)71-59(47)38-43/h11-14,17-29,32-38H,15-16,30-31H2,1-10H3. The molecule has 10 aromatic rings. The number of nitrogens with zero attached hydrogens (tertiary/aromatic N) is 3. The number of benzene rings is 8. The minimum absolute atomic E-state index is 0.0362. The van der Waals surface area contributed by atoms with Crippen LogP contribution in [-0.2, 0) is 16.2 Å². The number of hydrogen-bond donors (Lipinski definition) is 0. The van der Waals surface area contributed by atoms with Crippen LogP contribution in [0.5, 0.6) is 0 Å². The largest absolute Gasteiger partial charge is 0.456 e. The van der Waals surface area contributed by atoms with Crippen LogP contribution in [0.1, 0.15) is 109 Å². The summed E-state index contributed by atoms with van der Waals surface area (Å²) in [6.45, 7) is 23.8. The van der Waals surface area contributed by atoms with Crippen molar-refractivity contribution in [3.63, 3.8) is 0 Å². The monoisotopic (exact) mass is 939 g/mol. The lowest BCUT2D eigenvalue weighted by Crippen LogP contribution is -2.62. The van der Waals surface area contributed by atoms with Gasteiger partial charge in [0.25, 0.3) is 6.71 Å². The molecule has 0 N–H and O–H groups in total. The molecule has 0 bridgehead atoms. The number of anilines is 8. The topological polar surface area (TPSA) is 36.0 Å². The molecule has 72 heavy (non-hydrogen) atoms. The van der Waals surface area contributed by atoms with Crippen LogP contribution < -0.4 is 31.1 Å². The fourth-order valence-electron chi connectivity index (χ4n) is 14.1. The Labute approximate surface area is 424 Å². The van der Waals surface area contributed by atoms with Crippen molar-refractivity contribution >= 4 is 112 Å². The lowest BCUT2D eigenvalue weighted by Gasteiger charge is -2.51. The maximum Gasteiger partial charge on any atom is 0.252 e. The highest BCUT2D eigenvalue weighted by molar-refractivity contribution is 7.00. The van der Waals surface area contributed by atoms with Gasteiger partial charge >= 0.3 is 0 Å². The minimum Gasteiger partial charge on any atom is -0.456 e. The van der Waals surface area contributed by atoms with Gasteiger partial charge in [-0.3, -0.25) is 0 Å². The predicted octanol–water partition coefficient (Wildman–Crippen LogP) is 16.5. The second-order valence-electron chi connectivity index (χ2n) is 24.2. The Balaban J connectivity index is 1.14. The zero-order valence-electron chi connectivity index (χ0n) is 43.4. The van der Waals surface area contributed by atoms with Crippen LogP contribution in [0.25, 0.3) is 43.9 Å². The number of rotatable bonds is 3. The summed E-state index contributed by atoms with van der Waals surface area (Å²) in [5.41, 5.74) is 23.4. The molecule has 14 rings (SSSR count). The van der Waals surface area contributed by atoms with Gasteiger partial charge in [-0.05, 0) is 149 Å². The Kier molecular flexibility index (Phi) is 8.91. The van der Waals surface area contributed by atoms with Crippen molar-refractivity contribution < 1.29 is 8.83 Å². The summed E-state index contributed by atoms with van der Waals surface area (Å²) in [5.74, 6) is 0. The van der Waals surface area contributed by atoms with Gasteiger partial charge in [-0.2, -0.15) is 0 Å². The van der Waals surface area contributed by atoms with E-state index in [-0.39, 0.29) is 28.5 Å². The summed E-state index contributed by atoms with van der Waals surface area (Å²) in [6, 6.07) is 55.2. The van der Waals surface area contributed by atoms with E-state index in [1.807, 2.05) is 0 Å². The Morgan fingerprint density at radius 2 is 1.08 bits per heavy atom. The number of fused-ring (bicyclic) bond motifs is 13. The van der Waals surface area contributed by atoms with E-state index >= 15 is 0 Å². The third-order valence-corrected chi connectivity index (χ3v) is 17.8. The summed E-state index contributed by atoms with van der Waals surface area (Å²) < 4.78 is 13.8. The van der Waals surface area contributed by atoms with Crippen molar-refractivity contribution in [2.45, 2.75) is 117 Å². The van der Waals surface area contributed by atoms with Crippen molar-refractivity contribution in [2.75, 3.05) is 14.7 Å². The van der Waals surface area contributed by atoms with E-state index in [1.165, 1.54) is 91.2 Å². The van der Waals surface area contributed by atoms with Gasteiger partial charge in [0, 0.05) is 72.8 Å². The van der Waals surface area contributed by atoms with Gasteiger partial charge in [0.15, 0.2) is 5.58 Å². The maximum atomic E-state index is 7.04. The van der Waals surface area contributed by atoms with Gasteiger partial charge in [0.05, 0.1) is 11.2 Å². The highest BCUT2D eigenvalue weighted by Crippen LogP contribution is 2.63. The van der Waals surface area contributed by atoms with Crippen molar-refractivity contribution in [1.82, 2.24) is 0 Å². The number of hydrogen-bond acceptors (Lipinski definition) is 5. The van der Waals surface area contributed by atoms with E-state index < -0.39 is 0 Å². The third kappa shape index (κ3) is 5.90. The van der Waals surface area contributed by atoms with Gasteiger partial charge in [-0.25, -0.2) is 0 Å². The second kappa shape index (κ2) is 14.7. The molecule has 0 radical (unpaired) electrons. The predicted molar refractivity (Wildman–Crippen MR) is 305 cm³/mol. The summed E-state index contributed by atoms with van der Waals surface area (Å²) in [7, 11) is 0. The van der Waals surface area contributed by atoms with Crippen molar-refractivity contribution in [3.05, 3.63) is 173 Å². The zero-order chi connectivity index (χ0) is 49.4. The first-order valence-corrected chi connectivity index (χ1v) is 26.3. The average molecular weight is 940 g/mol. The molecule has 0 saturated heterocycles. The van der Waals surface area contributed by atoms with Crippen LogP contribution in [-0.4, -0.2) is 12.3 Å². The number of furan rings is 2. The van der Waals surface area contributed by atoms with Crippen molar-refractivity contribution in [3.8, 4) is 0 Å². The molecule has 1 saturated carbocycles. The first-order valence-electron chi connectivity index (χ1n) is 26.3. The number of para-hydroxylation sites is 3. The van der Waals surface area contributed by atoms with Crippen LogP contribution in [0.15, 0.2) is 154 Å². The van der Waals surface area contributed by atoms with Gasteiger partial charge in [-0.15, -0.1) is 0 Å². The molecule has 8 aromatic carbocycles. The Morgan fingerprint density at radius 3 is 1.78 bits per heavy atom. The minimum atomic E-state index is -0.170. The molecule has 0 spiro atoms. The Hall–Kier alpha value is -7.18. The Bertz CT molecular complexity index is 3960. The van der Waals surface area contributed by atoms with Gasteiger partial charge in [-0.1, -0.05) is 140 Å². The van der Waals surface area contributed by atoms with Crippen LogP contribution in [0.3, 0.4) is 0 Å². The smallest absolute Gasteiger partial charge is 0.252 e. The number of aryl methyl sites for hydroxylation is 2. The first kappa shape index (κ1) is 43.6. The molecular weight excluding hydrogens is 878 g/mol. The summed E-state index contributed by atoms with van der Waals surface area (Å²) in [6.07, 6.45) is 4.70. The summed E-state index contributed by atoms with van der Waals surface area (Å²) >= 11 is 0. The van der Waals surface area contributed by atoms with Crippen molar-refractivity contribution in [1.29, 1.82) is 0 Å². The van der Waals surface area contributed by atoms with E-state index in [1.54, 1.807) is 0 Å². The molecule has 356 valence electrons. The molecule has 5 heterocycles. The van der Waals surface area contributed by atoms with Crippen LogP contribution in [0.4, 0.5) is 45.5 Å². The molecule has 6 heteroatoms. The molecule has 1 fully saturated rings. The van der Waals surface area contributed by atoms with E-state index in [9.17, 15) is 0 Å². The van der Waals surface area contributed by atoms with E-state index in [0.717, 1.165) is 68.1 Å². The maximum absolute atomic E-state index is 7.04. The highest BCUT2D eigenvalue weighted by atomic mass is 16.3. The zero-order valence-corrected chi connectivity index (χ0v) is 43.4. The molecule has 2 aromatic heterocycles. The van der Waals surface area contributed by atoms with Crippen LogP contribution in [0.2, 0.25) is 0 Å². The SMILES string of the molecule is Cc1cc(C)c2c(c1)N(c1cc3c4c(c1)N(c1cccc5c1oc1ccccc15)c1ccc(C(C)(C)C)cc1B4c1cc(C(C)(C)C)ccc1N3c1ccc3c(c1)oc1ccccc13)C1(C)CCCCC21C. The highest BCUT2D eigenvalue weighted by Gasteiger charge is 2.59. The second-order valence-corrected chi connectivity index (χ2v) is 24.2. The van der Waals surface area contributed by atoms with Gasteiger partial charge in [0.2, 0.25) is 0 Å².